The molecule has 2 saturated heterocycles. The molecule has 0 spiro atoms. The molecule has 2 saturated carbocycles. The molecule has 72 heavy (non-hydrogen) atoms. The summed E-state index contributed by atoms with van der Waals surface area (Å²) in [4.78, 5) is 44.1. The number of piperidine rings is 1. The number of carbonyl (C=O) groups excluding carboxylic acids is 3. The Morgan fingerprint density at radius 1 is 0.958 bits per heavy atom. The number of halogens is 3. The largest absolute Gasteiger partial charge is 0.488 e. The van der Waals surface area contributed by atoms with Gasteiger partial charge in [-0.1, -0.05) is 54.9 Å². The van der Waals surface area contributed by atoms with E-state index in [1.807, 2.05) is 49.0 Å². The second-order valence-corrected chi connectivity index (χ2v) is 21.0. The summed E-state index contributed by atoms with van der Waals surface area (Å²) in [5.74, 6) is -2.41. The number of imide groups is 1. The zero-order valence-electron chi connectivity index (χ0n) is 41.3. The molecule has 2 atom stereocenters. The number of benzene rings is 4. The molecule has 3 aliphatic heterocycles. The van der Waals surface area contributed by atoms with Crippen molar-refractivity contribution in [2.45, 2.75) is 119 Å². The van der Waals surface area contributed by atoms with E-state index in [2.05, 4.69) is 50.8 Å². The van der Waals surface area contributed by atoms with Crippen LogP contribution in [0.3, 0.4) is 0 Å². The van der Waals surface area contributed by atoms with Crippen LogP contribution in [0.2, 0.25) is 5.02 Å². The van der Waals surface area contributed by atoms with Gasteiger partial charge in [0.15, 0.2) is 23.0 Å². The van der Waals surface area contributed by atoms with E-state index in [-0.39, 0.29) is 64.8 Å². The van der Waals surface area contributed by atoms with Crippen LogP contribution in [-0.2, 0) is 17.4 Å². The van der Waals surface area contributed by atoms with Crippen molar-refractivity contribution >= 4 is 46.2 Å². The molecular weight excluding hydrogens is 942 g/mol. The summed E-state index contributed by atoms with van der Waals surface area (Å²) in [6, 6.07) is 21.5. The molecule has 5 aromatic rings. The number of nitrogens with zero attached hydrogens (tertiary/aromatic N) is 5. The van der Waals surface area contributed by atoms with Crippen molar-refractivity contribution < 1.29 is 37.7 Å². The van der Waals surface area contributed by atoms with Crippen molar-refractivity contribution in [3.05, 3.63) is 106 Å². The number of hydrogen-bond donors (Lipinski definition) is 4. The van der Waals surface area contributed by atoms with Crippen molar-refractivity contribution in [1.29, 1.82) is 0 Å². The number of aliphatic hydroxyl groups excluding tert-OH is 1. The molecule has 4 amide bonds. The van der Waals surface area contributed by atoms with Gasteiger partial charge in [-0.25, -0.2) is 13.6 Å². The number of aromatic nitrogens is 2. The lowest BCUT2D eigenvalue weighted by Crippen LogP contribution is -2.51. The Hall–Kier alpha value is -5.65. The van der Waals surface area contributed by atoms with Crippen LogP contribution in [0.5, 0.6) is 11.5 Å². The number of ether oxygens (including phenoxy) is 2. The quantitative estimate of drug-likeness (QED) is 0.0847. The maximum Gasteiger partial charge on any atom is 0.329 e. The number of amides is 4. The van der Waals surface area contributed by atoms with Crippen molar-refractivity contribution in [2.24, 2.45) is 12.8 Å². The van der Waals surface area contributed by atoms with Gasteiger partial charge < -0.3 is 35.4 Å². The molecule has 4 aromatic carbocycles. The highest BCUT2D eigenvalue weighted by Crippen LogP contribution is 2.56. The van der Waals surface area contributed by atoms with E-state index in [1.165, 1.54) is 49.4 Å². The van der Waals surface area contributed by atoms with Crippen molar-refractivity contribution in [3.8, 4) is 22.6 Å². The number of nitrogens with one attached hydrogen (secondary N) is 2. The number of hydrogen-bond acceptors (Lipinski definition) is 10. The minimum atomic E-state index is -1.04. The van der Waals surface area contributed by atoms with Crippen LogP contribution in [0.15, 0.2) is 66.7 Å². The Labute approximate surface area is 424 Å². The fourth-order valence-corrected chi connectivity index (χ4v) is 12.9. The Kier molecular flexibility index (Phi) is 14.3. The van der Waals surface area contributed by atoms with Gasteiger partial charge in [0.05, 0.1) is 22.7 Å². The van der Waals surface area contributed by atoms with Gasteiger partial charge >= 0.3 is 6.03 Å². The second kappa shape index (κ2) is 20.7. The minimum absolute atomic E-state index is 0.0144. The van der Waals surface area contributed by atoms with Crippen LogP contribution in [-0.4, -0.2) is 113 Å². The van der Waals surface area contributed by atoms with Crippen LogP contribution < -0.4 is 30.7 Å². The molecule has 4 heterocycles. The van der Waals surface area contributed by atoms with Gasteiger partial charge in [-0.2, -0.15) is 5.10 Å². The standard InChI is InChI=1S/C55H65ClF2N8O6/c1-32-47-45(30-42(57)50(56)49(47)48-41(52(59)69)19-20-44(51(48)58)71-28-27-67)72-55(32,35-7-5-4-6-8-35)31-60-36-10-12-37(13-11-36)63(2)38-14-16-39(17-15-38)65-24-21-33(22-25-65)34-9-18-40-43(29-34)64(3)62-53(40)66-26-23-46(68)61-54(66)70/h4-9,18-20,29-30,32-33,36-39,60,67H,10-17,21-28,31H2,1-3H3,(H2,59,69)(H,61,68,70). The number of urea groups is 1. The molecule has 2 unspecified atom stereocenters. The first kappa shape index (κ1) is 49.9. The van der Waals surface area contributed by atoms with Crippen molar-refractivity contribution in [3.63, 3.8) is 0 Å². The summed E-state index contributed by atoms with van der Waals surface area (Å²) in [6.07, 6.45) is 11.4. The molecule has 4 fully saturated rings. The average molecular weight is 1010 g/mol. The lowest BCUT2D eigenvalue weighted by Gasteiger charge is -2.45. The topological polar surface area (TPSA) is 168 Å². The normalized spacial score (nSPS) is 25.2. The zero-order valence-corrected chi connectivity index (χ0v) is 42.0. The number of primary amides is 1. The molecule has 1 aromatic heterocycles. The Morgan fingerprint density at radius 3 is 2.35 bits per heavy atom. The van der Waals surface area contributed by atoms with E-state index < -0.39 is 35.1 Å². The number of rotatable bonds is 14. The predicted octanol–water partition coefficient (Wildman–Crippen LogP) is 8.50. The number of anilines is 1. The molecule has 5 N–H and O–H groups in total. The molecule has 5 aliphatic rings. The molecule has 0 radical (unpaired) electrons. The average Bonchev–Trinajstić information content (AvgIpc) is 3.87. The molecular formula is C55H65ClF2N8O6. The van der Waals surface area contributed by atoms with Crippen LogP contribution >= 0.6 is 11.6 Å². The SMILES string of the molecule is CC1c2c(cc(F)c(Cl)c2-c2c(C(N)=O)ccc(OCCO)c2F)OC1(CNC1CCC(N(C)C2CCC(N3CCC(c4ccc5c(N6CCC(=O)NC6=O)nn(C)c5c4)CC3)CC2)CC1)c1ccccc1. The van der Waals surface area contributed by atoms with Crippen LogP contribution in [0, 0.1) is 11.6 Å². The summed E-state index contributed by atoms with van der Waals surface area (Å²) in [6.45, 7) is 4.27. The van der Waals surface area contributed by atoms with E-state index in [0.717, 1.165) is 68.1 Å². The first-order chi connectivity index (χ1) is 34.8. The number of aliphatic hydroxyl groups is 1. The smallest absolute Gasteiger partial charge is 0.329 e. The lowest BCUT2D eigenvalue weighted by atomic mass is 9.77. The predicted molar refractivity (Wildman–Crippen MR) is 273 cm³/mol. The van der Waals surface area contributed by atoms with Crippen LogP contribution in [0.4, 0.5) is 19.4 Å². The molecule has 17 heteroatoms. The third-order valence-electron chi connectivity index (χ3n) is 16.7. The number of aryl methyl sites for hydroxylation is 1. The van der Waals surface area contributed by atoms with E-state index in [0.29, 0.717) is 48.5 Å². The Morgan fingerprint density at radius 2 is 1.67 bits per heavy atom. The lowest BCUT2D eigenvalue weighted by molar-refractivity contribution is -0.120. The molecule has 10 rings (SSSR count). The summed E-state index contributed by atoms with van der Waals surface area (Å²) in [5.41, 5.74) is 7.89. The highest BCUT2D eigenvalue weighted by atomic mass is 35.5. The Bertz CT molecular complexity index is 2840. The third kappa shape index (κ3) is 9.33. The highest BCUT2D eigenvalue weighted by Gasteiger charge is 2.50. The van der Waals surface area contributed by atoms with Crippen LogP contribution in [0.25, 0.3) is 22.0 Å². The van der Waals surface area contributed by atoms with Gasteiger partial charge in [0, 0.05) is 84.8 Å². The minimum Gasteiger partial charge on any atom is -0.488 e. The second-order valence-electron chi connectivity index (χ2n) is 20.6. The molecule has 382 valence electrons. The number of fused-ring (bicyclic) bond motifs is 2. The van der Waals surface area contributed by atoms with Crippen molar-refractivity contribution in [1.82, 2.24) is 30.2 Å². The van der Waals surface area contributed by atoms with Crippen LogP contribution in [0.1, 0.15) is 116 Å². The Balaban J connectivity index is 0.748. The summed E-state index contributed by atoms with van der Waals surface area (Å²) in [7, 11) is 4.23. The maximum absolute atomic E-state index is 16.5. The van der Waals surface area contributed by atoms with E-state index in [4.69, 9.17) is 26.8 Å². The van der Waals surface area contributed by atoms with Gasteiger partial charge in [-0.15, -0.1) is 0 Å². The maximum atomic E-state index is 16.5. The van der Waals surface area contributed by atoms with Gasteiger partial charge in [0.25, 0.3) is 0 Å². The fourth-order valence-electron chi connectivity index (χ4n) is 12.7. The zero-order chi connectivity index (χ0) is 50.4. The van der Waals surface area contributed by atoms with Gasteiger partial charge in [0.1, 0.15) is 18.2 Å². The van der Waals surface area contributed by atoms with Gasteiger partial charge in [-0.05, 0) is 126 Å². The van der Waals surface area contributed by atoms with E-state index >= 15 is 8.78 Å². The van der Waals surface area contributed by atoms with Crippen molar-refractivity contribution in [2.75, 3.05) is 51.3 Å². The monoisotopic (exact) mass is 1010 g/mol. The molecule has 2 aliphatic carbocycles. The molecule has 0 bridgehead atoms. The number of nitrogens with two attached hydrogens (primary N) is 1. The fraction of sp³-hybridized carbons (Fsp3) is 0.491. The number of likely N-dealkylation sites (tertiary alicyclic amines) is 1. The summed E-state index contributed by atoms with van der Waals surface area (Å²) >= 11 is 6.75. The van der Waals surface area contributed by atoms with Gasteiger partial charge in [0.2, 0.25) is 11.8 Å². The summed E-state index contributed by atoms with van der Waals surface area (Å²) in [5, 5.41) is 20.9. The van der Waals surface area contributed by atoms with E-state index in [1.54, 1.807) is 4.90 Å². The van der Waals surface area contributed by atoms with Gasteiger partial charge in [-0.3, -0.25) is 24.5 Å². The number of carbonyl (C=O) groups is 3. The van der Waals surface area contributed by atoms with E-state index in [9.17, 15) is 19.5 Å². The highest BCUT2D eigenvalue weighted by molar-refractivity contribution is 6.34. The third-order valence-corrected chi connectivity index (χ3v) is 17.1. The summed E-state index contributed by atoms with van der Waals surface area (Å²) < 4.78 is 46.6. The first-order valence-corrected chi connectivity index (χ1v) is 26.0. The molecule has 14 nitrogen and oxygen atoms in total. The first-order valence-electron chi connectivity index (χ1n) is 25.7.